The first-order chi connectivity index (χ1) is 12.3. The maximum absolute atomic E-state index is 11.8. The van der Waals surface area contributed by atoms with Crippen LogP contribution in [0.25, 0.3) is 6.08 Å². The average Bonchev–Trinajstić information content (AvgIpc) is 3.10. The van der Waals surface area contributed by atoms with Crippen molar-refractivity contribution in [2.45, 2.75) is 31.5 Å². The normalized spacial score (nSPS) is 20.3. The molecular formula is C19H27N3O3. The van der Waals surface area contributed by atoms with Gasteiger partial charge in [0.2, 0.25) is 5.91 Å². The summed E-state index contributed by atoms with van der Waals surface area (Å²) in [7, 11) is 0. The van der Waals surface area contributed by atoms with Crippen molar-refractivity contribution in [2.75, 3.05) is 39.4 Å². The highest BCUT2D eigenvalue weighted by molar-refractivity contribution is 5.91. The van der Waals surface area contributed by atoms with Gasteiger partial charge in [0.15, 0.2) is 5.79 Å². The van der Waals surface area contributed by atoms with Gasteiger partial charge in [0.25, 0.3) is 0 Å². The SMILES string of the molecule is O=C(/C=C/c1cccnc1)NCCCCN1CCC2(CC1)OCCO2. The largest absolute Gasteiger partial charge is 0.353 e. The highest BCUT2D eigenvalue weighted by Gasteiger charge is 2.39. The van der Waals surface area contributed by atoms with Crippen LogP contribution in [0.1, 0.15) is 31.2 Å². The van der Waals surface area contributed by atoms with Crippen LogP contribution in [0.2, 0.25) is 0 Å². The van der Waals surface area contributed by atoms with Gasteiger partial charge in [0.05, 0.1) is 13.2 Å². The van der Waals surface area contributed by atoms with E-state index in [9.17, 15) is 4.79 Å². The number of piperidine rings is 1. The van der Waals surface area contributed by atoms with Crippen molar-refractivity contribution in [2.24, 2.45) is 0 Å². The zero-order valence-electron chi connectivity index (χ0n) is 14.7. The molecule has 136 valence electrons. The molecular weight excluding hydrogens is 318 g/mol. The van der Waals surface area contributed by atoms with E-state index in [-0.39, 0.29) is 11.7 Å². The summed E-state index contributed by atoms with van der Waals surface area (Å²) < 4.78 is 11.5. The lowest BCUT2D eigenvalue weighted by Gasteiger charge is -2.37. The Labute approximate surface area is 149 Å². The van der Waals surface area contributed by atoms with E-state index in [0.29, 0.717) is 6.54 Å². The predicted molar refractivity (Wildman–Crippen MR) is 95.8 cm³/mol. The second-order valence-electron chi connectivity index (χ2n) is 6.57. The molecule has 1 aromatic heterocycles. The van der Waals surface area contributed by atoms with Crippen LogP contribution in [0.5, 0.6) is 0 Å². The number of aromatic nitrogens is 1. The van der Waals surface area contributed by atoms with Gasteiger partial charge in [-0.05, 0) is 37.1 Å². The number of likely N-dealkylation sites (tertiary alicyclic amines) is 1. The van der Waals surface area contributed by atoms with Crippen LogP contribution in [0.15, 0.2) is 30.6 Å². The molecule has 2 fully saturated rings. The van der Waals surface area contributed by atoms with Gasteiger partial charge in [0, 0.05) is 50.9 Å². The number of carbonyl (C=O) groups is 1. The molecule has 1 amide bonds. The second kappa shape index (κ2) is 9.08. The Kier molecular flexibility index (Phi) is 6.55. The Morgan fingerprint density at radius 2 is 2.08 bits per heavy atom. The van der Waals surface area contributed by atoms with E-state index < -0.39 is 0 Å². The van der Waals surface area contributed by atoms with Gasteiger partial charge in [-0.25, -0.2) is 0 Å². The zero-order chi connectivity index (χ0) is 17.4. The summed E-state index contributed by atoms with van der Waals surface area (Å²) in [6.45, 7) is 5.29. The van der Waals surface area contributed by atoms with E-state index in [1.54, 1.807) is 24.5 Å². The van der Waals surface area contributed by atoms with E-state index in [0.717, 1.165) is 64.1 Å². The number of nitrogens with one attached hydrogen (secondary N) is 1. The van der Waals surface area contributed by atoms with Gasteiger partial charge < -0.3 is 19.7 Å². The Bertz CT molecular complexity index is 561. The Morgan fingerprint density at radius 3 is 2.80 bits per heavy atom. The van der Waals surface area contributed by atoms with Crippen LogP contribution in [0.4, 0.5) is 0 Å². The standard InChI is InChI=1S/C19H27N3O3/c23-18(6-5-17-4-3-9-20-16-17)21-10-1-2-11-22-12-7-19(8-13-22)24-14-15-25-19/h3-6,9,16H,1-2,7-8,10-15H2,(H,21,23)/b6-5+. The number of ether oxygens (including phenoxy) is 2. The predicted octanol–water partition coefficient (Wildman–Crippen LogP) is 1.83. The second-order valence-corrected chi connectivity index (χ2v) is 6.57. The fourth-order valence-electron chi connectivity index (χ4n) is 3.28. The number of hydrogen-bond donors (Lipinski definition) is 1. The highest BCUT2D eigenvalue weighted by Crippen LogP contribution is 2.31. The lowest BCUT2D eigenvalue weighted by Crippen LogP contribution is -2.45. The summed E-state index contributed by atoms with van der Waals surface area (Å²) in [4.78, 5) is 18.2. The molecule has 0 radical (unpaired) electrons. The van der Waals surface area contributed by atoms with E-state index in [4.69, 9.17) is 9.47 Å². The van der Waals surface area contributed by atoms with Crippen LogP contribution < -0.4 is 5.32 Å². The maximum atomic E-state index is 11.8. The minimum absolute atomic E-state index is 0.0562. The Hall–Kier alpha value is -1.76. The summed E-state index contributed by atoms with van der Waals surface area (Å²) in [5.41, 5.74) is 0.927. The molecule has 6 heteroatoms. The molecule has 6 nitrogen and oxygen atoms in total. The van der Waals surface area contributed by atoms with Crippen molar-refractivity contribution in [1.82, 2.24) is 15.2 Å². The highest BCUT2D eigenvalue weighted by atomic mass is 16.7. The minimum Gasteiger partial charge on any atom is -0.353 e. The fraction of sp³-hybridized carbons (Fsp3) is 0.579. The lowest BCUT2D eigenvalue weighted by molar-refractivity contribution is -0.185. The topological polar surface area (TPSA) is 63.7 Å². The summed E-state index contributed by atoms with van der Waals surface area (Å²) in [6.07, 6.45) is 10.8. The van der Waals surface area contributed by atoms with Crippen LogP contribution in [0.3, 0.4) is 0 Å². The number of rotatable bonds is 7. The van der Waals surface area contributed by atoms with Gasteiger partial charge >= 0.3 is 0 Å². The van der Waals surface area contributed by atoms with E-state index in [2.05, 4.69) is 15.2 Å². The number of unbranched alkanes of at least 4 members (excludes halogenated alkanes) is 1. The molecule has 1 aromatic rings. The van der Waals surface area contributed by atoms with Crippen LogP contribution >= 0.6 is 0 Å². The van der Waals surface area contributed by atoms with Crippen molar-refractivity contribution in [3.63, 3.8) is 0 Å². The zero-order valence-corrected chi connectivity index (χ0v) is 14.7. The molecule has 0 aromatic carbocycles. The number of amides is 1. The Morgan fingerprint density at radius 1 is 1.28 bits per heavy atom. The van der Waals surface area contributed by atoms with E-state index in [1.165, 1.54) is 0 Å². The smallest absolute Gasteiger partial charge is 0.243 e. The maximum Gasteiger partial charge on any atom is 0.243 e. The van der Waals surface area contributed by atoms with Gasteiger partial charge in [-0.1, -0.05) is 6.07 Å². The molecule has 3 rings (SSSR count). The van der Waals surface area contributed by atoms with E-state index >= 15 is 0 Å². The van der Waals surface area contributed by atoms with Crippen molar-refractivity contribution in [1.29, 1.82) is 0 Å². The summed E-state index contributed by atoms with van der Waals surface area (Å²) >= 11 is 0. The Balaban J connectivity index is 1.24. The molecule has 1 N–H and O–H groups in total. The molecule has 1 spiro atoms. The molecule has 0 saturated carbocycles. The molecule has 2 aliphatic rings. The average molecular weight is 345 g/mol. The third kappa shape index (κ3) is 5.63. The molecule has 2 aliphatic heterocycles. The number of nitrogens with zero attached hydrogens (tertiary/aromatic N) is 2. The van der Waals surface area contributed by atoms with Crippen molar-refractivity contribution >= 4 is 12.0 Å². The van der Waals surface area contributed by atoms with Gasteiger partial charge in [-0.15, -0.1) is 0 Å². The molecule has 25 heavy (non-hydrogen) atoms. The quantitative estimate of drug-likeness (QED) is 0.603. The molecule has 2 saturated heterocycles. The molecule has 0 aliphatic carbocycles. The van der Waals surface area contributed by atoms with Crippen LogP contribution in [0, 0.1) is 0 Å². The van der Waals surface area contributed by atoms with Crippen LogP contribution in [-0.2, 0) is 14.3 Å². The lowest BCUT2D eigenvalue weighted by atomic mass is 10.0. The summed E-state index contributed by atoms with van der Waals surface area (Å²) in [6, 6.07) is 3.77. The van der Waals surface area contributed by atoms with Crippen molar-refractivity contribution in [3.8, 4) is 0 Å². The van der Waals surface area contributed by atoms with E-state index in [1.807, 2.05) is 12.1 Å². The summed E-state index contributed by atoms with van der Waals surface area (Å²) in [5.74, 6) is -0.343. The number of carbonyl (C=O) groups excluding carboxylic acids is 1. The van der Waals surface area contributed by atoms with Crippen molar-refractivity contribution in [3.05, 3.63) is 36.2 Å². The first-order valence-corrected chi connectivity index (χ1v) is 9.12. The van der Waals surface area contributed by atoms with Gasteiger partial charge in [0.1, 0.15) is 0 Å². The minimum atomic E-state index is -0.287. The summed E-state index contributed by atoms with van der Waals surface area (Å²) in [5, 5.41) is 2.93. The van der Waals surface area contributed by atoms with Gasteiger partial charge in [-0.2, -0.15) is 0 Å². The first-order valence-electron chi connectivity index (χ1n) is 9.12. The van der Waals surface area contributed by atoms with Crippen LogP contribution in [-0.4, -0.2) is 61.0 Å². The molecule has 0 atom stereocenters. The molecule has 3 heterocycles. The number of hydrogen-bond acceptors (Lipinski definition) is 5. The molecule has 0 bridgehead atoms. The first kappa shape index (κ1) is 18.0. The number of pyridine rings is 1. The monoisotopic (exact) mass is 345 g/mol. The van der Waals surface area contributed by atoms with Crippen molar-refractivity contribution < 1.29 is 14.3 Å². The van der Waals surface area contributed by atoms with Gasteiger partial charge in [-0.3, -0.25) is 9.78 Å². The molecule has 0 unspecified atom stereocenters. The third-order valence-electron chi connectivity index (χ3n) is 4.74. The third-order valence-corrected chi connectivity index (χ3v) is 4.74. The fourth-order valence-corrected chi connectivity index (χ4v) is 3.28.